The molecule has 4 rings (SSSR count). The molecule has 0 spiro atoms. The topological polar surface area (TPSA) is 65.1 Å². The van der Waals surface area contributed by atoms with Gasteiger partial charge in [-0.25, -0.2) is 0 Å². The van der Waals surface area contributed by atoms with Crippen LogP contribution in [0.5, 0.6) is 0 Å². The third-order valence-electron chi connectivity index (χ3n) is 5.21. The standard InChI is InChI=1S/C22H20N2O3/c25-18(11-10-17-6-2-1-3-7-17)12-13-22(14-15-22)23-16-21(24(26)27)19-8-4-5-9-20(19)23/h1-9,12-13,16H,10-11,14-15H2/b13-12+. The summed E-state index contributed by atoms with van der Waals surface area (Å²) in [7, 11) is 0. The summed E-state index contributed by atoms with van der Waals surface area (Å²) < 4.78 is 1.96. The number of aryl methyl sites for hydroxylation is 1. The van der Waals surface area contributed by atoms with Crippen LogP contribution < -0.4 is 0 Å². The highest BCUT2D eigenvalue weighted by Gasteiger charge is 2.44. The van der Waals surface area contributed by atoms with Crippen molar-refractivity contribution in [3.63, 3.8) is 0 Å². The molecule has 0 saturated heterocycles. The second-order valence-electron chi connectivity index (χ2n) is 7.05. The van der Waals surface area contributed by atoms with Gasteiger partial charge in [-0.2, -0.15) is 0 Å². The minimum absolute atomic E-state index is 0.0797. The van der Waals surface area contributed by atoms with Crippen LogP contribution >= 0.6 is 0 Å². The van der Waals surface area contributed by atoms with Crippen molar-refractivity contribution in [3.8, 4) is 0 Å². The summed E-state index contributed by atoms with van der Waals surface area (Å²) in [5.41, 5.74) is 1.77. The van der Waals surface area contributed by atoms with Crippen molar-refractivity contribution in [2.75, 3.05) is 0 Å². The molecule has 0 aliphatic heterocycles. The summed E-state index contributed by atoms with van der Waals surface area (Å²) in [6, 6.07) is 17.3. The number of hydrogen-bond acceptors (Lipinski definition) is 3. The number of para-hydroxylation sites is 1. The van der Waals surface area contributed by atoms with Crippen molar-refractivity contribution >= 4 is 22.4 Å². The molecular formula is C22H20N2O3. The van der Waals surface area contributed by atoms with E-state index in [4.69, 9.17) is 0 Å². The van der Waals surface area contributed by atoms with Crippen LogP contribution in [-0.2, 0) is 16.8 Å². The average Bonchev–Trinajstić information content (AvgIpc) is 3.37. The van der Waals surface area contributed by atoms with Gasteiger partial charge in [-0.05, 0) is 43.0 Å². The normalized spacial score (nSPS) is 15.3. The summed E-state index contributed by atoms with van der Waals surface area (Å²) in [5.74, 6) is 0.0797. The highest BCUT2D eigenvalue weighted by Crippen LogP contribution is 2.48. The maximum Gasteiger partial charge on any atom is 0.294 e. The highest BCUT2D eigenvalue weighted by atomic mass is 16.6. The Bertz CT molecular complexity index is 1030. The van der Waals surface area contributed by atoms with Gasteiger partial charge in [0.2, 0.25) is 0 Å². The Hall–Kier alpha value is -3.21. The summed E-state index contributed by atoms with van der Waals surface area (Å²) in [6.45, 7) is 0. The van der Waals surface area contributed by atoms with Crippen molar-refractivity contribution in [3.05, 3.63) is 88.6 Å². The van der Waals surface area contributed by atoms with Gasteiger partial charge in [-0.15, -0.1) is 0 Å². The molecule has 1 fully saturated rings. The molecule has 0 amide bonds. The second kappa shape index (κ2) is 6.83. The maximum absolute atomic E-state index is 12.3. The Morgan fingerprint density at radius 3 is 2.52 bits per heavy atom. The van der Waals surface area contributed by atoms with E-state index in [1.165, 1.54) is 0 Å². The van der Waals surface area contributed by atoms with Crippen molar-refractivity contribution in [1.29, 1.82) is 0 Å². The van der Waals surface area contributed by atoms with Gasteiger partial charge in [0.25, 0.3) is 5.69 Å². The monoisotopic (exact) mass is 360 g/mol. The van der Waals surface area contributed by atoms with Crippen LogP contribution in [0.1, 0.15) is 24.8 Å². The predicted molar refractivity (Wildman–Crippen MR) is 105 cm³/mol. The molecule has 5 heteroatoms. The van der Waals surface area contributed by atoms with Gasteiger partial charge >= 0.3 is 0 Å². The fourth-order valence-electron chi connectivity index (χ4n) is 3.54. The van der Waals surface area contributed by atoms with Gasteiger partial charge in [0.15, 0.2) is 5.78 Å². The Kier molecular flexibility index (Phi) is 4.36. The molecule has 1 saturated carbocycles. The molecular weight excluding hydrogens is 340 g/mol. The molecule has 1 heterocycles. The lowest BCUT2D eigenvalue weighted by atomic mass is 10.1. The van der Waals surface area contributed by atoms with E-state index in [0.717, 1.165) is 30.3 Å². The summed E-state index contributed by atoms with van der Waals surface area (Å²) in [4.78, 5) is 23.3. The quantitative estimate of drug-likeness (QED) is 0.345. The molecule has 136 valence electrons. The second-order valence-corrected chi connectivity index (χ2v) is 7.05. The van der Waals surface area contributed by atoms with Crippen LogP contribution in [-0.4, -0.2) is 15.3 Å². The lowest BCUT2D eigenvalue weighted by Crippen LogP contribution is -2.13. The molecule has 0 atom stereocenters. The summed E-state index contributed by atoms with van der Waals surface area (Å²) in [6.07, 6.45) is 8.12. The van der Waals surface area contributed by atoms with E-state index < -0.39 is 0 Å². The zero-order chi connectivity index (χ0) is 18.9. The summed E-state index contributed by atoms with van der Waals surface area (Å²) in [5, 5.41) is 12.0. The number of hydrogen-bond donors (Lipinski definition) is 0. The number of allylic oxidation sites excluding steroid dienone is 2. The first-order valence-corrected chi connectivity index (χ1v) is 9.10. The Balaban J connectivity index is 1.54. The lowest BCUT2D eigenvalue weighted by Gasteiger charge is -2.14. The summed E-state index contributed by atoms with van der Waals surface area (Å²) >= 11 is 0. The van der Waals surface area contributed by atoms with E-state index in [1.807, 2.05) is 59.2 Å². The van der Waals surface area contributed by atoms with Crippen molar-refractivity contribution in [2.24, 2.45) is 0 Å². The van der Waals surface area contributed by atoms with Crippen LogP contribution in [0.25, 0.3) is 10.9 Å². The predicted octanol–water partition coefficient (Wildman–Crippen LogP) is 4.80. The van der Waals surface area contributed by atoms with E-state index >= 15 is 0 Å². The Morgan fingerprint density at radius 2 is 1.81 bits per heavy atom. The third-order valence-corrected chi connectivity index (χ3v) is 5.21. The zero-order valence-corrected chi connectivity index (χ0v) is 14.9. The molecule has 27 heavy (non-hydrogen) atoms. The molecule has 0 unspecified atom stereocenters. The van der Waals surface area contributed by atoms with Gasteiger partial charge in [-0.1, -0.05) is 48.5 Å². The molecule has 0 bridgehead atoms. The van der Waals surface area contributed by atoms with Crippen molar-refractivity contribution in [2.45, 2.75) is 31.2 Å². The number of carbonyl (C=O) groups is 1. The number of aromatic nitrogens is 1. The fraction of sp³-hybridized carbons (Fsp3) is 0.227. The minimum Gasteiger partial charge on any atom is -0.331 e. The average molecular weight is 360 g/mol. The van der Waals surface area contributed by atoms with Crippen molar-refractivity contribution < 1.29 is 9.72 Å². The first-order chi connectivity index (χ1) is 13.1. The van der Waals surface area contributed by atoms with Gasteiger partial charge in [-0.3, -0.25) is 14.9 Å². The van der Waals surface area contributed by atoms with Gasteiger partial charge < -0.3 is 4.57 Å². The number of fused-ring (bicyclic) bond motifs is 1. The van der Waals surface area contributed by atoms with E-state index in [1.54, 1.807) is 18.3 Å². The number of benzene rings is 2. The molecule has 2 aromatic carbocycles. The Morgan fingerprint density at radius 1 is 1.11 bits per heavy atom. The number of nitrogens with zero attached hydrogens (tertiary/aromatic N) is 2. The van der Waals surface area contributed by atoms with Gasteiger partial charge in [0.05, 0.1) is 27.6 Å². The molecule has 0 N–H and O–H groups in total. The first-order valence-electron chi connectivity index (χ1n) is 9.10. The zero-order valence-electron chi connectivity index (χ0n) is 14.9. The number of ketones is 1. The first kappa shape index (κ1) is 17.2. The SMILES string of the molecule is O=C(/C=C/C1(n2cc([N+](=O)[O-])c3ccccc32)CC1)CCc1ccccc1. The Labute approximate surface area is 157 Å². The molecule has 3 aromatic rings. The molecule has 1 aromatic heterocycles. The van der Waals surface area contributed by atoms with Crippen molar-refractivity contribution in [1.82, 2.24) is 4.57 Å². The van der Waals surface area contributed by atoms with Crippen LogP contribution in [0.4, 0.5) is 5.69 Å². The largest absolute Gasteiger partial charge is 0.331 e. The fourth-order valence-corrected chi connectivity index (χ4v) is 3.54. The maximum atomic E-state index is 12.3. The number of rotatable bonds is 7. The highest BCUT2D eigenvalue weighted by molar-refractivity contribution is 5.91. The van der Waals surface area contributed by atoms with Crippen LogP contribution in [0.3, 0.4) is 0 Å². The van der Waals surface area contributed by atoms with Crippen LogP contribution in [0.2, 0.25) is 0 Å². The molecule has 5 nitrogen and oxygen atoms in total. The smallest absolute Gasteiger partial charge is 0.294 e. The number of carbonyl (C=O) groups excluding carboxylic acids is 1. The van der Waals surface area contributed by atoms with Crippen LogP contribution in [0.15, 0.2) is 72.9 Å². The van der Waals surface area contributed by atoms with E-state index in [-0.39, 0.29) is 21.9 Å². The van der Waals surface area contributed by atoms with E-state index in [0.29, 0.717) is 11.8 Å². The number of nitro groups is 1. The molecule has 0 radical (unpaired) electrons. The van der Waals surface area contributed by atoms with Gasteiger partial charge in [0, 0.05) is 6.42 Å². The van der Waals surface area contributed by atoms with E-state index in [9.17, 15) is 14.9 Å². The molecule has 1 aliphatic rings. The molecule has 1 aliphatic carbocycles. The van der Waals surface area contributed by atoms with Gasteiger partial charge in [0.1, 0.15) is 0 Å². The minimum atomic E-state index is -0.344. The van der Waals surface area contributed by atoms with E-state index in [2.05, 4.69) is 0 Å². The van der Waals surface area contributed by atoms with Crippen LogP contribution in [0, 0.1) is 10.1 Å². The lowest BCUT2D eigenvalue weighted by molar-refractivity contribution is -0.383. The third kappa shape index (κ3) is 3.40.